The molecule has 0 bridgehead atoms. The first-order chi connectivity index (χ1) is 6.22. The standard InChI is InChI=1S/C9H5N3O/c10-5-7-1-2-8(12-6-7)3-4-9(11)13/h1-2,6H,(H2,11,13). The van der Waals surface area contributed by atoms with Gasteiger partial charge in [0.05, 0.1) is 5.56 Å². The molecule has 0 fully saturated rings. The minimum absolute atomic E-state index is 0.415. The van der Waals surface area contributed by atoms with Crippen molar-refractivity contribution in [2.75, 3.05) is 0 Å². The van der Waals surface area contributed by atoms with Crippen molar-refractivity contribution >= 4 is 5.91 Å². The molecule has 0 aromatic carbocycles. The molecule has 4 heteroatoms. The van der Waals surface area contributed by atoms with Crippen LogP contribution < -0.4 is 5.73 Å². The highest BCUT2D eigenvalue weighted by molar-refractivity contribution is 5.92. The van der Waals surface area contributed by atoms with Crippen molar-refractivity contribution in [3.8, 4) is 17.9 Å². The topological polar surface area (TPSA) is 79.8 Å². The van der Waals surface area contributed by atoms with Crippen LogP contribution in [0.5, 0.6) is 0 Å². The van der Waals surface area contributed by atoms with E-state index in [-0.39, 0.29) is 0 Å². The summed E-state index contributed by atoms with van der Waals surface area (Å²) in [6, 6.07) is 5.03. The zero-order chi connectivity index (χ0) is 9.68. The molecule has 13 heavy (non-hydrogen) atoms. The molecule has 1 amide bonds. The Balaban J connectivity index is 2.90. The van der Waals surface area contributed by atoms with Crippen LogP contribution in [-0.4, -0.2) is 10.9 Å². The van der Waals surface area contributed by atoms with Gasteiger partial charge in [-0.3, -0.25) is 4.79 Å². The average molecular weight is 171 g/mol. The molecule has 1 heterocycles. The van der Waals surface area contributed by atoms with Gasteiger partial charge in [-0.15, -0.1) is 0 Å². The van der Waals surface area contributed by atoms with Crippen LogP contribution in [0.1, 0.15) is 11.3 Å². The molecule has 0 radical (unpaired) electrons. The summed E-state index contributed by atoms with van der Waals surface area (Å²) >= 11 is 0. The average Bonchev–Trinajstić information content (AvgIpc) is 2.15. The second kappa shape index (κ2) is 3.89. The quantitative estimate of drug-likeness (QED) is 0.548. The Hall–Kier alpha value is -2.33. The van der Waals surface area contributed by atoms with Crippen LogP contribution >= 0.6 is 0 Å². The van der Waals surface area contributed by atoms with Gasteiger partial charge in [0.25, 0.3) is 5.91 Å². The Morgan fingerprint density at radius 1 is 1.54 bits per heavy atom. The number of carbonyl (C=O) groups excluding carboxylic acids is 1. The second-order valence-corrected chi connectivity index (χ2v) is 2.16. The Morgan fingerprint density at radius 2 is 2.31 bits per heavy atom. The van der Waals surface area contributed by atoms with Crippen LogP contribution in [0.4, 0.5) is 0 Å². The van der Waals surface area contributed by atoms with Gasteiger partial charge in [-0.25, -0.2) is 4.98 Å². The first kappa shape index (κ1) is 8.76. The van der Waals surface area contributed by atoms with E-state index in [1.165, 1.54) is 6.20 Å². The molecule has 0 saturated heterocycles. The van der Waals surface area contributed by atoms with E-state index < -0.39 is 5.91 Å². The minimum Gasteiger partial charge on any atom is -0.359 e. The van der Waals surface area contributed by atoms with Gasteiger partial charge in [-0.1, -0.05) is 0 Å². The summed E-state index contributed by atoms with van der Waals surface area (Å²) in [6.45, 7) is 0. The molecule has 1 rings (SSSR count). The molecule has 0 spiro atoms. The van der Waals surface area contributed by atoms with Crippen molar-refractivity contribution in [1.29, 1.82) is 5.26 Å². The molecule has 2 N–H and O–H groups in total. The van der Waals surface area contributed by atoms with Crippen molar-refractivity contribution in [2.24, 2.45) is 5.73 Å². The van der Waals surface area contributed by atoms with Gasteiger partial charge in [-0.05, 0) is 18.1 Å². The molecule has 1 aromatic rings. The maximum Gasteiger partial charge on any atom is 0.293 e. The number of rotatable bonds is 0. The number of amides is 1. The number of pyridine rings is 1. The van der Waals surface area contributed by atoms with E-state index in [9.17, 15) is 4.79 Å². The molecular weight excluding hydrogens is 166 g/mol. The molecule has 1 aromatic heterocycles. The van der Waals surface area contributed by atoms with Crippen LogP contribution in [0.3, 0.4) is 0 Å². The van der Waals surface area contributed by atoms with E-state index in [1.807, 2.05) is 6.07 Å². The fourth-order valence-electron chi connectivity index (χ4n) is 0.660. The summed E-state index contributed by atoms with van der Waals surface area (Å²) in [5.41, 5.74) is 5.67. The number of carbonyl (C=O) groups is 1. The molecule has 0 atom stereocenters. The van der Waals surface area contributed by atoms with Gasteiger partial charge in [0, 0.05) is 12.1 Å². The summed E-state index contributed by atoms with van der Waals surface area (Å²) in [5, 5.41) is 8.45. The fourth-order valence-corrected chi connectivity index (χ4v) is 0.660. The van der Waals surface area contributed by atoms with E-state index in [0.717, 1.165) is 0 Å². The summed E-state index contributed by atoms with van der Waals surface area (Å²) < 4.78 is 0. The smallest absolute Gasteiger partial charge is 0.293 e. The molecule has 4 nitrogen and oxygen atoms in total. The third-order valence-electron chi connectivity index (χ3n) is 1.21. The Labute approximate surface area is 75.0 Å². The first-order valence-corrected chi connectivity index (χ1v) is 3.40. The number of nitrogens with two attached hydrogens (primary N) is 1. The van der Waals surface area contributed by atoms with Crippen molar-refractivity contribution < 1.29 is 4.79 Å². The fraction of sp³-hybridized carbons (Fsp3) is 0. The number of nitrogens with zero attached hydrogens (tertiary/aromatic N) is 2. The largest absolute Gasteiger partial charge is 0.359 e. The lowest BCUT2D eigenvalue weighted by Crippen LogP contribution is -2.06. The van der Waals surface area contributed by atoms with Gasteiger partial charge in [0.15, 0.2) is 0 Å². The molecule has 0 aliphatic heterocycles. The minimum atomic E-state index is -0.703. The lowest BCUT2D eigenvalue weighted by molar-refractivity contribution is -0.112. The lowest BCUT2D eigenvalue weighted by Gasteiger charge is -1.87. The molecule has 62 valence electrons. The van der Waals surface area contributed by atoms with Crippen LogP contribution in [0.2, 0.25) is 0 Å². The Kier molecular flexibility index (Phi) is 2.62. The number of nitriles is 1. The maximum atomic E-state index is 10.3. The molecule has 0 unspecified atom stereocenters. The predicted molar refractivity (Wildman–Crippen MR) is 45.0 cm³/mol. The monoisotopic (exact) mass is 171 g/mol. The third-order valence-corrected chi connectivity index (χ3v) is 1.21. The van der Waals surface area contributed by atoms with Gasteiger partial charge in [-0.2, -0.15) is 5.26 Å². The highest BCUT2D eigenvalue weighted by atomic mass is 16.1. The van der Waals surface area contributed by atoms with Crippen LogP contribution in [0.15, 0.2) is 18.3 Å². The van der Waals surface area contributed by atoms with E-state index in [2.05, 4.69) is 16.8 Å². The van der Waals surface area contributed by atoms with E-state index in [4.69, 9.17) is 11.0 Å². The zero-order valence-corrected chi connectivity index (χ0v) is 6.61. The van der Waals surface area contributed by atoms with Crippen LogP contribution in [0.25, 0.3) is 0 Å². The number of hydrogen-bond donors (Lipinski definition) is 1. The van der Waals surface area contributed by atoms with E-state index in [0.29, 0.717) is 11.3 Å². The lowest BCUT2D eigenvalue weighted by atomic mass is 10.3. The van der Waals surface area contributed by atoms with Gasteiger partial charge in [0.1, 0.15) is 11.8 Å². The highest BCUT2D eigenvalue weighted by Crippen LogP contribution is 1.96. The Morgan fingerprint density at radius 3 is 2.77 bits per heavy atom. The van der Waals surface area contributed by atoms with E-state index in [1.54, 1.807) is 12.1 Å². The van der Waals surface area contributed by atoms with Gasteiger partial charge >= 0.3 is 0 Å². The first-order valence-electron chi connectivity index (χ1n) is 3.40. The molecule has 0 aliphatic carbocycles. The van der Waals surface area contributed by atoms with Crippen molar-refractivity contribution in [3.05, 3.63) is 29.6 Å². The molecule has 0 aliphatic rings. The Bertz CT molecular complexity index is 417. The number of aromatic nitrogens is 1. The van der Waals surface area contributed by atoms with Gasteiger partial charge in [0.2, 0.25) is 0 Å². The summed E-state index contributed by atoms with van der Waals surface area (Å²) in [5.74, 6) is 3.89. The number of hydrogen-bond acceptors (Lipinski definition) is 3. The zero-order valence-electron chi connectivity index (χ0n) is 6.61. The normalized spacial score (nSPS) is 7.92. The predicted octanol–water partition coefficient (Wildman–Crippen LogP) is -0.210. The van der Waals surface area contributed by atoms with Crippen molar-refractivity contribution in [1.82, 2.24) is 4.98 Å². The highest BCUT2D eigenvalue weighted by Gasteiger charge is 1.90. The second-order valence-electron chi connectivity index (χ2n) is 2.16. The summed E-state index contributed by atoms with van der Waals surface area (Å²) in [7, 11) is 0. The number of primary amides is 1. The molecule has 0 saturated carbocycles. The van der Waals surface area contributed by atoms with E-state index >= 15 is 0 Å². The SMILES string of the molecule is N#Cc1ccc(C#CC(N)=O)nc1. The summed E-state index contributed by atoms with van der Waals surface area (Å²) in [6.07, 6.45) is 1.38. The van der Waals surface area contributed by atoms with Gasteiger partial charge < -0.3 is 5.73 Å². The van der Waals surface area contributed by atoms with Crippen molar-refractivity contribution in [2.45, 2.75) is 0 Å². The molecular formula is C9H5N3O. The van der Waals surface area contributed by atoms with Crippen LogP contribution in [-0.2, 0) is 4.79 Å². The third kappa shape index (κ3) is 2.64. The van der Waals surface area contributed by atoms with Crippen LogP contribution in [0, 0.1) is 23.2 Å². The summed E-state index contributed by atoms with van der Waals surface area (Å²) in [4.78, 5) is 14.1. The maximum absolute atomic E-state index is 10.3. The van der Waals surface area contributed by atoms with Crippen molar-refractivity contribution in [3.63, 3.8) is 0 Å².